The van der Waals surface area contributed by atoms with Gasteiger partial charge >= 0.3 is 0 Å². The molecule has 1 amide bonds. The fourth-order valence-corrected chi connectivity index (χ4v) is 2.00. The molecule has 0 aromatic carbocycles. The number of carbonyl (C=O) groups is 1. The van der Waals surface area contributed by atoms with Gasteiger partial charge in [-0.1, -0.05) is 0 Å². The maximum Gasteiger partial charge on any atom is 0.276 e. The second kappa shape index (κ2) is 4.71. The highest BCUT2D eigenvalue weighted by Crippen LogP contribution is 2.18. The first-order valence-corrected chi connectivity index (χ1v) is 5.78. The molecule has 92 valence electrons. The molecule has 5 heteroatoms. The number of nitrogens with one attached hydrogen (secondary N) is 1. The molecule has 0 spiro atoms. The Kier molecular flexibility index (Phi) is 3.28. The molecule has 2 heterocycles. The van der Waals surface area contributed by atoms with Crippen molar-refractivity contribution in [3.63, 3.8) is 0 Å². The lowest BCUT2D eigenvalue weighted by atomic mass is 10.1. The van der Waals surface area contributed by atoms with Crippen molar-refractivity contribution in [1.29, 1.82) is 0 Å². The third-order valence-corrected chi connectivity index (χ3v) is 3.01. The van der Waals surface area contributed by atoms with E-state index in [0.717, 1.165) is 6.54 Å². The van der Waals surface area contributed by atoms with Gasteiger partial charge in [-0.25, -0.2) is 4.98 Å². The molecule has 0 radical (unpaired) electrons. The van der Waals surface area contributed by atoms with Crippen molar-refractivity contribution in [3.05, 3.63) is 24.0 Å². The van der Waals surface area contributed by atoms with E-state index < -0.39 is 0 Å². The summed E-state index contributed by atoms with van der Waals surface area (Å²) in [7, 11) is 0. The Hall–Kier alpha value is -1.62. The van der Waals surface area contributed by atoms with Crippen molar-refractivity contribution < 1.29 is 9.90 Å². The number of hydrogen-bond acceptors (Lipinski definition) is 4. The normalized spacial score (nSPS) is 24.7. The summed E-state index contributed by atoms with van der Waals surface area (Å²) in [6.07, 6.45) is 1.52. The van der Waals surface area contributed by atoms with Crippen LogP contribution in [0.25, 0.3) is 0 Å². The molecule has 2 unspecified atom stereocenters. The first-order chi connectivity index (χ1) is 8.09. The molecule has 2 atom stereocenters. The highest BCUT2D eigenvalue weighted by Gasteiger charge is 2.29. The Bertz CT molecular complexity index is 422. The Morgan fingerprint density at radius 3 is 3.06 bits per heavy atom. The second-order valence-electron chi connectivity index (χ2n) is 4.49. The predicted molar refractivity (Wildman–Crippen MR) is 63.9 cm³/mol. The van der Waals surface area contributed by atoms with E-state index in [1.807, 2.05) is 13.8 Å². The summed E-state index contributed by atoms with van der Waals surface area (Å²) >= 11 is 0. The Labute approximate surface area is 100 Å². The van der Waals surface area contributed by atoms with E-state index in [4.69, 9.17) is 0 Å². The van der Waals surface area contributed by atoms with Gasteiger partial charge in [-0.05, 0) is 26.0 Å². The Morgan fingerprint density at radius 2 is 2.35 bits per heavy atom. The summed E-state index contributed by atoms with van der Waals surface area (Å²) < 4.78 is 0. The monoisotopic (exact) mass is 235 g/mol. The maximum atomic E-state index is 12.3. The lowest BCUT2D eigenvalue weighted by molar-refractivity contribution is 0.0607. The molecule has 1 aliphatic rings. The van der Waals surface area contributed by atoms with Crippen molar-refractivity contribution in [2.24, 2.45) is 0 Å². The summed E-state index contributed by atoms with van der Waals surface area (Å²) in [6, 6.07) is 3.47. The van der Waals surface area contributed by atoms with E-state index in [-0.39, 0.29) is 29.4 Å². The standard InChI is InChI=1S/C12H17N3O2/c1-8-7-15(9(2)6-14-8)12(17)11-10(16)4-3-5-13-11/h3-5,8-9,14,16H,6-7H2,1-2H3. The summed E-state index contributed by atoms with van der Waals surface area (Å²) in [6.45, 7) is 5.41. The van der Waals surface area contributed by atoms with Crippen LogP contribution in [0.5, 0.6) is 5.75 Å². The second-order valence-corrected chi connectivity index (χ2v) is 4.49. The quantitative estimate of drug-likeness (QED) is 0.748. The Morgan fingerprint density at radius 1 is 1.59 bits per heavy atom. The van der Waals surface area contributed by atoms with Gasteiger partial charge in [0.1, 0.15) is 5.75 Å². The summed E-state index contributed by atoms with van der Waals surface area (Å²) in [5.74, 6) is -0.264. The van der Waals surface area contributed by atoms with E-state index in [1.54, 1.807) is 11.0 Å². The average molecular weight is 235 g/mol. The molecule has 1 aromatic heterocycles. The van der Waals surface area contributed by atoms with E-state index in [9.17, 15) is 9.90 Å². The van der Waals surface area contributed by atoms with Crippen molar-refractivity contribution >= 4 is 5.91 Å². The SMILES string of the molecule is CC1CN(C(=O)c2ncccc2O)C(C)CN1. The summed E-state index contributed by atoms with van der Waals surface area (Å²) in [5, 5.41) is 12.9. The van der Waals surface area contributed by atoms with E-state index >= 15 is 0 Å². The number of hydrogen-bond donors (Lipinski definition) is 2. The zero-order valence-corrected chi connectivity index (χ0v) is 10.1. The number of amides is 1. The minimum absolute atomic E-state index is 0.0594. The van der Waals surface area contributed by atoms with Gasteiger partial charge in [0, 0.05) is 31.4 Å². The van der Waals surface area contributed by atoms with Crippen molar-refractivity contribution in [2.75, 3.05) is 13.1 Å². The smallest absolute Gasteiger partial charge is 0.276 e. The molecule has 1 saturated heterocycles. The first kappa shape index (κ1) is 11.9. The zero-order chi connectivity index (χ0) is 12.4. The molecule has 2 N–H and O–H groups in total. The van der Waals surface area contributed by atoms with Gasteiger partial charge in [0.25, 0.3) is 5.91 Å². The van der Waals surface area contributed by atoms with Crippen LogP contribution in [0, 0.1) is 0 Å². The van der Waals surface area contributed by atoms with E-state index in [0.29, 0.717) is 6.54 Å². The van der Waals surface area contributed by atoms with Gasteiger partial charge in [0.15, 0.2) is 5.69 Å². The van der Waals surface area contributed by atoms with Crippen LogP contribution in [0.3, 0.4) is 0 Å². The molecule has 0 bridgehead atoms. The van der Waals surface area contributed by atoms with Crippen LogP contribution in [0.4, 0.5) is 0 Å². The molecule has 17 heavy (non-hydrogen) atoms. The number of aromatic hydroxyl groups is 1. The molecule has 1 fully saturated rings. The van der Waals surface area contributed by atoms with Gasteiger partial charge in [0.05, 0.1) is 0 Å². The molecule has 0 saturated carbocycles. The fraction of sp³-hybridized carbons (Fsp3) is 0.500. The molecule has 0 aliphatic carbocycles. The summed E-state index contributed by atoms with van der Waals surface area (Å²) in [5.41, 5.74) is 0.133. The van der Waals surface area contributed by atoms with Crippen LogP contribution < -0.4 is 5.32 Å². The molecular weight excluding hydrogens is 218 g/mol. The number of carbonyl (C=O) groups excluding carboxylic acids is 1. The summed E-state index contributed by atoms with van der Waals surface area (Å²) in [4.78, 5) is 18.0. The van der Waals surface area contributed by atoms with Gasteiger partial charge in [-0.15, -0.1) is 0 Å². The van der Waals surface area contributed by atoms with Crippen molar-refractivity contribution in [1.82, 2.24) is 15.2 Å². The van der Waals surface area contributed by atoms with Crippen LogP contribution >= 0.6 is 0 Å². The third-order valence-electron chi connectivity index (χ3n) is 3.01. The number of pyridine rings is 1. The van der Waals surface area contributed by atoms with Gasteiger partial charge < -0.3 is 15.3 Å². The maximum absolute atomic E-state index is 12.3. The molecule has 5 nitrogen and oxygen atoms in total. The minimum atomic E-state index is -0.205. The van der Waals surface area contributed by atoms with Crippen LogP contribution in [-0.2, 0) is 0 Å². The van der Waals surface area contributed by atoms with Gasteiger partial charge in [0.2, 0.25) is 0 Å². The first-order valence-electron chi connectivity index (χ1n) is 5.78. The van der Waals surface area contributed by atoms with Crippen LogP contribution in [0.1, 0.15) is 24.3 Å². The van der Waals surface area contributed by atoms with Gasteiger partial charge in [-0.2, -0.15) is 0 Å². The number of rotatable bonds is 1. The van der Waals surface area contributed by atoms with E-state index in [2.05, 4.69) is 10.3 Å². The third kappa shape index (κ3) is 2.39. The average Bonchev–Trinajstić information content (AvgIpc) is 2.32. The van der Waals surface area contributed by atoms with Crippen molar-refractivity contribution in [3.8, 4) is 5.75 Å². The fourth-order valence-electron chi connectivity index (χ4n) is 2.00. The van der Waals surface area contributed by atoms with Crippen LogP contribution in [-0.4, -0.2) is 46.1 Å². The van der Waals surface area contributed by atoms with E-state index in [1.165, 1.54) is 12.3 Å². The highest BCUT2D eigenvalue weighted by molar-refractivity contribution is 5.95. The van der Waals surface area contributed by atoms with Crippen LogP contribution in [0.15, 0.2) is 18.3 Å². The Balaban J connectivity index is 2.22. The van der Waals surface area contributed by atoms with Crippen molar-refractivity contribution in [2.45, 2.75) is 25.9 Å². The van der Waals surface area contributed by atoms with Gasteiger partial charge in [-0.3, -0.25) is 4.79 Å². The topological polar surface area (TPSA) is 65.5 Å². The molecule has 2 rings (SSSR count). The minimum Gasteiger partial charge on any atom is -0.505 e. The lowest BCUT2D eigenvalue weighted by Gasteiger charge is -2.37. The lowest BCUT2D eigenvalue weighted by Crippen LogP contribution is -2.56. The highest BCUT2D eigenvalue weighted by atomic mass is 16.3. The number of nitrogens with zero attached hydrogens (tertiary/aromatic N) is 2. The van der Waals surface area contributed by atoms with Crippen LogP contribution in [0.2, 0.25) is 0 Å². The predicted octanol–water partition coefficient (Wildman–Crippen LogP) is 0.610. The number of piperazine rings is 1. The largest absolute Gasteiger partial charge is 0.505 e. The molecular formula is C12H17N3O2. The molecule has 1 aromatic rings. The number of aromatic nitrogens is 1. The molecule has 1 aliphatic heterocycles. The zero-order valence-electron chi connectivity index (χ0n) is 10.1.